The van der Waals surface area contributed by atoms with E-state index in [0.717, 1.165) is 16.7 Å². The van der Waals surface area contributed by atoms with Crippen LogP contribution in [0.25, 0.3) is 0 Å². The van der Waals surface area contributed by atoms with Crippen LogP contribution in [0.5, 0.6) is 0 Å². The Bertz CT molecular complexity index is 724. The predicted molar refractivity (Wildman–Crippen MR) is 83.8 cm³/mol. The van der Waals surface area contributed by atoms with E-state index < -0.39 is 0 Å². The zero-order valence-electron chi connectivity index (χ0n) is 11.2. The molecule has 3 nitrogen and oxygen atoms in total. The van der Waals surface area contributed by atoms with Crippen LogP contribution in [0.15, 0.2) is 48.5 Å². The monoisotopic (exact) mass is 292 g/mol. The van der Waals surface area contributed by atoms with Gasteiger partial charge in [0.1, 0.15) is 4.99 Å². The van der Waals surface area contributed by atoms with Crippen LogP contribution in [0.3, 0.4) is 0 Å². The number of carbonyl (C=O) groups excluding carboxylic acids is 1. The van der Waals surface area contributed by atoms with Crippen molar-refractivity contribution in [1.29, 1.82) is 5.26 Å². The molecule has 0 spiro atoms. The number of rotatable bonds is 3. The summed E-state index contributed by atoms with van der Waals surface area (Å²) in [6.07, 6.45) is 0.396. The van der Waals surface area contributed by atoms with Crippen LogP contribution < -0.4 is 0 Å². The summed E-state index contributed by atoms with van der Waals surface area (Å²) in [5.41, 5.74) is 3.47. The Morgan fingerprint density at radius 1 is 1.00 bits per heavy atom. The lowest BCUT2D eigenvalue weighted by molar-refractivity contribution is 0.0855. The van der Waals surface area contributed by atoms with E-state index in [1.807, 2.05) is 42.5 Å². The summed E-state index contributed by atoms with van der Waals surface area (Å²) in [6, 6.07) is 17.2. The molecule has 0 atom stereocenters. The molecule has 0 fully saturated rings. The fraction of sp³-hybridized carbons (Fsp3) is 0.118. The SMILES string of the molecule is N#CCc1ccc(CN2C(=O)c3ccccc3C2=S)cc1. The van der Waals surface area contributed by atoms with Crippen molar-refractivity contribution in [1.82, 2.24) is 4.90 Å². The van der Waals surface area contributed by atoms with Crippen LogP contribution in [0, 0.1) is 11.3 Å². The second-order valence-corrected chi connectivity index (χ2v) is 5.28. The van der Waals surface area contributed by atoms with Crippen LogP contribution in [-0.2, 0) is 13.0 Å². The lowest BCUT2D eigenvalue weighted by Crippen LogP contribution is -2.28. The Morgan fingerprint density at radius 3 is 2.24 bits per heavy atom. The highest BCUT2D eigenvalue weighted by Crippen LogP contribution is 2.25. The molecule has 102 valence electrons. The van der Waals surface area contributed by atoms with Crippen LogP contribution in [-0.4, -0.2) is 15.8 Å². The van der Waals surface area contributed by atoms with Gasteiger partial charge in [-0.15, -0.1) is 0 Å². The number of nitrogens with zero attached hydrogens (tertiary/aromatic N) is 2. The van der Waals surface area contributed by atoms with E-state index in [4.69, 9.17) is 17.5 Å². The summed E-state index contributed by atoms with van der Waals surface area (Å²) in [5, 5.41) is 8.67. The van der Waals surface area contributed by atoms with Crippen molar-refractivity contribution in [2.45, 2.75) is 13.0 Å². The molecule has 0 radical (unpaired) electrons. The summed E-state index contributed by atoms with van der Waals surface area (Å²) in [6.45, 7) is 0.458. The Morgan fingerprint density at radius 2 is 1.62 bits per heavy atom. The maximum absolute atomic E-state index is 12.4. The Hall–Kier alpha value is -2.51. The average Bonchev–Trinajstić information content (AvgIpc) is 2.75. The zero-order chi connectivity index (χ0) is 14.8. The van der Waals surface area contributed by atoms with Gasteiger partial charge in [-0.25, -0.2) is 0 Å². The van der Waals surface area contributed by atoms with Gasteiger partial charge in [0.05, 0.1) is 24.6 Å². The summed E-state index contributed by atoms with van der Waals surface area (Å²) in [7, 11) is 0. The third kappa shape index (κ3) is 2.44. The topological polar surface area (TPSA) is 44.1 Å². The first kappa shape index (κ1) is 13.5. The van der Waals surface area contributed by atoms with Crippen LogP contribution in [0.4, 0.5) is 0 Å². The molecule has 0 aromatic heterocycles. The van der Waals surface area contributed by atoms with E-state index in [1.165, 1.54) is 0 Å². The van der Waals surface area contributed by atoms with Gasteiger partial charge in [-0.3, -0.25) is 9.69 Å². The second-order valence-electron chi connectivity index (χ2n) is 4.89. The van der Waals surface area contributed by atoms with E-state index in [2.05, 4.69) is 6.07 Å². The normalized spacial score (nSPS) is 13.2. The van der Waals surface area contributed by atoms with E-state index in [9.17, 15) is 4.79 Å². The van der Waals surface area contributed by atoms with Crippen LogP contribution in [0.2, 0.25) is 0 Å². The molecule has 21 heavy (non-hydrogen) atoms. The Labute approximate surface area is 128 Å². The molecule has 3 rings (SSSR count). The van der Waals surface area contributed by atoms with Crippen molar-refractivity contribution in [3.63, 3.8) is 0 Å². The number of carbonyl (C=O) groups is 1. The van der Waals surface area contributed by atoms with Crippen molar-refractivity contribution in [3.8, 4) is 6.07 Å². The number of benzene rings is 2. The molecule has 1 aliphatic heterocycles. The number of thiocarbonyl (C=S) groups is 1. The minimum absolute atomic E-state index is 0.0447. The van der Waals surface area contributed by atoms with Gasteiger partial charge in [0, 0.05) is 5.56 Å². The zero-order valence-corrected chi connectivity index (χ0v) is 12.1. The third-order valence-electron chi connectivity index (χ3n) is 3.53. The summed E-state index contributed by atoms with van der Waals surface area (Å²) in [4.78, 5) is 14.6. The minimum atomic E-state index is -0.0447. The average molecular weight is 292 g/mol. The highest BCUT2D eigenvalue weighted by atomic mass is 32.1. The first-order chi connectivity index (χ1) is 10.2. The van der Waals surface area contributed by atoms with Gasteiger partial charge in [0.25, 0.3) is 5.91 Å². The van der Waals surface area contributed by atoms with Crippen molar-refractivity contribution in [2.24, 2.45) is 0 Å². The van der Waals surface area contributed by atoms with E-state index in [0.29, 0.717) is 23.5 Å². The smallest absolute Gasteiger partial charge is 0.259 e. The van der Waals surface area contributed by atoms with E-state index in [-0.39, 0.29) is 5.91 Å². The fourth-order valence-corrected chi connectivity index (χ4v) is 2.74. The highest BCUT2D eigenvalue weighted by Gasteiger charge is 2.31. The summed E-state index contributed by atoms with van der Waals surface area (Å²) < 4.78 is 0. The van der Waals surface area contributed by atoms with Crippen LogP contribution >= 0.6 is 12.2 Å². The van der Waals surface area contributed by atoms with Crippen molar-refractivity contribution < 1.29 is 4.79 Å². The first-order valence-electron chi connectivity index (χ1n) is 6.60. The van der Waals surface area contributed by atoms with E-state index >= 15 is 0 Å². The van der Waals surface area contributed by atoms with Gasteiger partial charge >= 0.3 is 0 Å². The van der Waals surface area contributed by atoms with Gasteiger partial charge < -0.3 is 0 Å². The quantitative estimate of drug-likeness (QED) is 0.817. The molecule has 0 N–H and O–H groups in total. The van der Waals surface area contributed by atoms with E-state index in [1.54, 1.807) is 11.0 Å². The molecule has 1 heterocycles. The van der Waals surface area contributed by atoms with Gasteiger partial charge in [0.15, 0.2) is 0 Å². The molecule has 4 heteroatoms. The second kappa shape index (κ2) is 5.47. The summed E-state index contributed by atoms with van der Waals surface area (Å²) in [5.74, 6) is -0.0447. The fourth-order valence-electron chi connectivity index (χ4n) is 2.42. The number of hydrogen-bond acceptors (Lipinski definition) is 3. The largest absolute Gasteiger partial charge is 0.294 e. The standard InChI is InChI=1S/C17H12N2OS/c18-10-9-12-5-7-13(8-6-12)11-19-16(20)14-3-1-2-4-15(14)17(19)21/h1-8H,9,11H2. The molecule has 0 unspecified atom stereocenters. The molecule has 0 saturated carbocycles. The number of hydrogen-bond donors (Lipinski definition) is 0. The lowest BCUT2D eigenvalue weighted by Gasteiger charge is -2.16. The predicted octanol–water partition coefficient (Wildman–Crippen LogP) is 3.08. The third-order valence-corrected chi connectivity index (χ3v) is 3.97. The van der Waals surface area contributed by atoms with Crippen molar-refractivity contribution >= 4 is 23.1 Å². The highest BCUT2D eigenvalue weighted by molar-refractivity contribution is 7.80. The van der Waals surface area contributed by atoms with Gasteiger partial charge in [-0.2, -0.15) is 5.26 Å². The van der Waals surface area contributed by atoms with Gasteiger partial charge in [0.2, 0.25) is 0 Å². The Balaban J connectivity index is 1.82. The number of amides is 1. The van der Waals surface area contributed by atoms with Gasteiger partial charge in [-0.1, -0.05) is 54.7 Å². The first-order valence-corrected chi connectivity index (χ1v) is 7.01. The molecule has 2 aromatic carbocycles. The molecule has 1 amide bonds. The molecule has 2 aromatic rings. The minimum Gasteiger partial charge on any atom is -0.294 e. The molecular weight excluding hydrogens is 280 g/mol. The summed E-state index contributed by atoms with van der Waals surface area (Å²) >= 11 is 5.40. The van der Waals surface area contributed by atoms with Crippen molar-refractivity contribution in [2.75, 3.05) is 0 Å². The molecule has 0 bridgehead atoms. The molecule has 1 aliphatic rings. The number of fused-ring (bicyclic) bond motifs is 1. The Kier molecular flexibility index (Phi) is 3.51. The number of nitriles is 1. The van der Waals surface area contributed by atoms with Gasteiger partial charge in [-0.05, 0) is 17.2 Å². The molecule has 0 saturated heterocycles. The van der Waals surface area contributed by atoms with Crippen LogP contribution in [0.1, 0.15) is 27.0 Å². The molecule has 0 aliphatic carbocycles. The molecular formula is C17H12N2OS. The maximum atomic E-state index is 12.4. The lowest BCUT2D eigenvalue weighted by atomic mass is 10.1. The maximum Gasteiger partial charge on any atom is 0.259 e. The van der Waals surface area contributed by atoms with Crippen molar-refractivity contribution in [3.05, 3.63) is 70.8 Å².